The van der Waals surface area contributed by atoms with Crippen LogP contribution in [0.25, 0.3) is 0 Å². The van der Waals surface area contributed by atoms with Crippen LogP contribution in [-0.2, 0) is 10.5 Å². The van der Waals surface area contributed by atoms with Crippen molar-refractivity contribution in [1.29, 1.82) is 0 Å². The topological polar surface area (TPSA) is 68.5 Å². The number of nitrogens with zero attached hydrogens (tertiary/aromatic N) is 3. The molecule has 4 rings (SSSR count). The Morgan fingerprint density at radius 2 is 1.97 bits per heavy atom. The molecule has 1 aromatic carbocycles. The summed E-state index contributed by atoms with van der Waals surface area (Å²) in [5.41, 5.74) is 3.63. The van der Waals surface area contributed by atoms with Crippen molar-refractivity contribution in [3.8, 4) is 0 Å². The molecular weight excluding hydrogens is 398 g/mol. The van der Waals surface area contributed by atoms with Gasteiger partial charge >= 0.3 is 0 Å². The van der Waals surface area contributed by atoms with E-state index in [-0.39, 0.29) is 18.1 Å². The van der Waals surface area contributed by atoms with Crippen LogP contribution in [0, 0.1) is 13.8 Å². The van der Waals surface area contributed by atoms with E-state index >= 15 is 0 Å². The van der Waals surface area contributed by atoms with Gasteiger partial charge in [0.25, 0.3) is 5.91 Å². The van der Waals surface area contributed by atoms with Gasteiger partial charge in [0.15, 0.2) is 0 Å². The highest BCUT2D eigenvalue weighted by molar-refractivity contribution is 7.98. The number of carbonyl (C=O) groups excluding carboxylic acids is 1. The fourth-order valence-corrected chi connectivity index (χ4v) is 4.80. The van der Waals surface area contributed by atoms with E-state index in [4.69, 9.17) is 9.26 Å². The Morgan fingerprint density at radius 1 is 1.17 bits per heavy atom. The van der Waals surface area contributed by atoms with E-state index in [9.17, 15) is 4.79 Å². The zero-order valence-corrected chi connectivity index (χ0v) is 18.2. The first-order valence-electron chi connectivity index (χ1n) is 10.0. The Balaban J connectivity index is 1.53. The molecule has 1 fully saturated rings. The first-order chi connectivity index (χ1) is 14.5. The third kappa shape index (κ3) is 4.42. The van der Waals surface area contributed by atoms with Gasteiger partial charge in [0, 0.05) is 24.1 Å². The molecule has 0 spiro atoms. The number of pyridine rings is 1. The molecule has 2 aromatic heterocycles. The first kappa shape index (κ1) is 20.6. The van der Waals surface area contributed by atoms with Crippen LogP contribution in [0.2, 0.25) is 0 Å². The molecule has 2 atom stereocenters. The summed E-state index contributed by atoms with van der Waals surface area (Å²) >= 11 is 1.53. The van der Waals surface area contributed by atoms with Crippen LogP contribution in [0.15, 0.2) is 58.2 Å². The van der Waals surface area contributed by atoms with Gasteiger partial charge in [0.05, 0.1) is 23.9 Å². The summed E-state index contributed by atoms with van der Waals surface area (Å²) in [6.45, 7) is 6.92. The molecule has 6 nitrogen and oxygen atoms in total. The van der Waals surface area contributed by atoms with Gasteiger partial charge in [-0.15, -0.1) is 11.8 Å². The van der Waals surface area contributed by atoms with Gasteiger partial charge in [-0.3, -0.25) is 4.79 Å². The molecule has 0 bridgehead atoms. The highest BCUT2D eigenvalue weighted by Gasteiger charge is 2.31. The number of benzene rings is 1. The van der Waals surface area contributed by atoms with Crippen LogP contribution >= 0.6 is 11.8 Å². The molecule has 1 saturated heterocycles. The largest absolute Gasteiger partial charge is 0.367 e. The van der Waals surface area contributed by atoms with Crippen molar-refractivity contribution in [2.24, 2.45) is 0 Å². The van der Waals surface area contributed by atoms with Crippen LogP contribution in [0.4, 0.5) is 0 Å². The number of thioether (sulfide) groups is 1. The van der Waals surface area contributed by atoms with Crippen LogP contribution in [0.5, 0.6) is 0 Å². The number of rotatable bonds is 5. The maximum absolute atomic E-state index is 13.4. The highest BCUT2D eigenvalue weighted by atomic mass is 32.2. The van der Waals surface area contributed by atoms with Gasteiger partial charge in [0.2, 0.25) is 0 Å². The maximum Gasteiger partial charge on any atom is 0.256 e. The van der Waals surface area contributed by atoms with Crippen molar-refractivity contribution in [1.82, 2.24) is 15.0 Å². The molecule has 0 radical (unpaired) electrons. The molecule has 3 aromatic rings. The third-order valence-corrected chi connectivity index (χ3v) is 6.29. The average Bonchev–Trinajstić information content (AvgIpc) is 3.09. The molecule has 1 aliphatic heterocycles. The predicted octanol–water partition coefficient (Wildman–Crippen LogP) is 4.58. The minimum Gasteiger partial charge on any atom is -0.367 e. The number of amides is 1. The van der Waals surface area contributed by atoms with Crippen molar-refractivity contribution < 1.29 is 14.1 Å². The monoisotopic (exact) mass is 423 g/mol. The smallest absolute Gasteiger partial charge is 0.256 e. The second-order valence-corrected chi connectivity index (χ2v) is 8.47. The van der Waals surface area contributed by atoms with E-state index < -0.39 is 0 Å². The molecule has 156 valence electrons. The van der Waals surface area contributed by atoms with Crippen LogP contribution in [-0.4, -0.2) is 40.1 Å². The number of ether oxygens (including phenoxy) is 1. The summed E-state index contributed by atoms with van der Waals surface area (Å²) in [5, 5.41) is 4.73. The van der Waals surface area contributed by atoms with Crippen LogP contribution in [0.1, 0.15) is 46.0 Å². The Bertz CT molecular complexity index is 1000. The van der Waals surface area contributed by atoms with Gasteiger partial charge in [-0.25, -0.2) is 4.98 Å². The predicted molar refractivity (Wildman–Crippen MR) is 115 cm³/mol. The van der Waals surface area contributed by atoms with E-state index in [0.717, 1.165) is 27.6 Å². The van der Waals surface area contributed by atoms with Gasteiger partial charge in [-0.05, 0) is 38.5 Å². The lowest BCUT2D eigenvalue weighted by Crippen LogP contribution is -2.46. The van der Waals surface area contributed by atoms with Crippen molar-refractivity contribution in [3.05, 3.63) is 76.8 Å². The van der Waals surface area contributed by atoms with Gasteiger partial charge in [0.1, 0.15) is 16.9 Å². The number of hydrogen-bond acceptors (Lipinski definition) is 6. The zero-order chi connectivity index (χ0) is 21.1. The summed E-state index contributed by atoms with van der Waals surface area (Å²) in [6, 6.07) is 13.7. The van der Waals surface area contributed by atoms with Crippen LogP contribution < -0.4 is 0 Å². The number of aromatic nitrogens is 2. The Labute approximate surface area is 180 Å². The third-order valence-electron chi connectivity index (χ3n) is 5.25. The second kappa shape index (κ2) is 9.02. The number of hydrogen-bond donors (Lipinski definition) is 0. The lowest BCUT2D eigenvalue weighted by molar-refractivity contribution is -0.0692. The Hall–Kier alpha value is -2.64. The van der Waals surface area contributed by atoms with Gasteiger partial charge < -0.3 is 14.2 Å². The molecule has 1 aliphatic rings. The van der Waals surface area contributed by atoms with Crippen molar-refractivity contribution >= 4 is 17.7 Å². The molecular formula is C23H25N3O3S. The number of aryl methyl sites for hydroxylation is 2. The first-order valence-corrected chi connectivity index (χ1v) is 11.0. The fourth-order valence-electron chi connectivity index (χ4n) is 3.66. The van der Waals surface area contributed by atoms with Crippen LogP contribution in [0.3, 0.4) is 0 Å². The van der Waals surface area contributed by atoms with Crippen molar-refractivity contribution in [3.63, 3.8) is 0 Å². The normalized spacial score (nSPS) is 19.1. The van der Waals surface area contributed by atoms with E-state index in [1.54, 1.807) is 6.20 Å². The quantitative estimate of drug-likeness (QED) is 0.560. The fraction of sp³-hybridized carbons (Fsp3) is 0.348. The SMILES string of the molecule is Cc1noc(C)c1CSc1ncccc1C(=O)N1CC(C)OC(c2ccccc2)C1. The molecule has 1 amide bonds. The number of carbonyl (C=O) groups is 1. The van der Waals surface area contributed by atoms with E-state index in [0.29, 0.717) is 24.4 Å². The molecule has 30 heavy (non-hydrogen) atoms. The highest BCUT2D eigenvalue weighted by Crippen LogP contribution is 2.30. The minimum absolute atomic E-state index is 0.0135. The van der Waals surface area contributed by atoms with Gasteiger partial charge in [-0.1, -0.05) is 35.5 Å². The summed E-state index contributed by atoms with van der Waals surface area (Å²) in [6.07, 6.45) is 1.55. The zero-order valence-electron chi connectivity index (χ0n) is 17.4. The summed E-state index contributed by atoms with van der Waals surface area (Å²) in [4.78, 5) is 19.8. The van der Waals surface area contributed by atoms with E-state index in [2.05, 4.69) is 10.1 Å². The molecule has 0 N–H and O–H groups in total. The maximum atomic E-state index is 13.4. The standard InChI is InChI=1S/C23H25N3O3S/c1-15-12-26(13-21(28-15)18-8-5-4-6-9-18)23(27)19-10-7-11-24-22(19)30-14-20-16(2)25-29-17(20)3/h4-11,15,21H,12-14H2,1-3H3. The molecule has 0 saturated carbocycles. The van der Waals surface area contributed by atoms with E-state index in [1.807, 2.05) is 68.1 Å². The molecule has 0 aliphatic carbocycles. The Kier molecular flexibility index (Phi) is 6.20. The van der Waals surface area contributed by atoms with Crippen molar-refractivity contribution in [2.45, 2.75) is 43.8 Å². The molecule has 7 heteroatoms. The van der Waals surface area contributed by atoms with Gasteiger partial charge in [-0.2, -0.15) is 0 Å². The average molecular weight is 424 g/mol. The lowest BCUT2D eigenvalue weighted by Gasteiger charge is -2.37. The second-order valence-electron chi connectivity index (χ2n) is 7.50. The Morgan fingerprint density at radius 3 is 2.70 bits per heavy atom. The summed E-state index contributed by atoms with van der Waals surface area (Å²) in [5.74, 6) is 1.45. The summed E-state index contributed by atoms with van der Waals surface area (Å²) in [7, 11) is 0. The minimum atomic E-state index is -0.131. The number of morpholine rings is 1. The lowest BCUT2D eigenvalue weighted by atomic mass is 10.1. The van der Waals surface area contributed by atoms with E-state index in [1.165, 1.54) is 11.8 Å². The molecule has 2 unspecified atom stereocenters. The van der Waals surface area contributed by atoms with Crippen molar-refractivity contribution in [2.75, 3.05) is 13.1 Å². The summed E-state index contributed by atoms with van der Waals surface area (Å²) < 4.78 is 11.4. The molecule has 3 heterocycles.